The van der Waals surface area contributed by atoms with Crippen LogP contribution in [0, 0.1) is 18.3 Å². The third-order valence-electron chi connectivity index (χ3n) is 3.42. The average Bonchev–Trinajstić information content (AvgIpc) is 2.88. The van der Waals surface area contributed by atoms with Gasteiger partial charge in [-0.15, -0.1) is 0 Å². The third-order valence-corrected chi connectivity index (χ3v) is 3.42. The molecule has 0 saturated heterocycles. The lowest BCUT2D eigenvalue weighted by Gasteiger charge is -2.00. The lowest BCUT2D eigenvalue weighted by molar-refractivity contribution is 0.889. The maximum absolute atomic E-state index is 9.08. The molecular formula is C17H15N3. The molecule has 3 nitrogen and oxygen atoms in total. The van der Waals surface area contributed by atoms with E-state index in [1.807, 2.05) is 12.1 Å². The number of nitrogens with one attached hydrogen (secondary N) is 1. The van der Waals surface area contributed by atoms with Crippen molar-refractivity contribution in [2.75, 3.05) is 0 Å². The van der Waals surface area contributed by atoms with Crippen LogP contribution in [0.4, 0.5) is 0 Å². The van der Waals surface area contributed by atoms with Crippen LogP contribution in [0.2, 0.25) is 0 Å². The number of nitriles is 1. The zero-order valence-corrected chi connectivity index (χ0v) is 11.4. The fraction of sp³-hybridized carbons (Fsp3) is 0.176. The number of nitrogens with zero attached hydrogens (tertiary/aromatic N) is 2. The maximum Gasteiger partial charge on any atom is 0.107 e. The average molecular weight is 261 g/mol. The van der Waals surface area contributed by atoms with Gasteiger partial charge < -0.3 is 4.98 Å². The number of para-hydroxylation sites is 1. The molecule has 0 saturated carbocycles. The fourth-order valence-corrected chi connectivity index (χ4v) is 2.42. The number of hydrogen-bond acceptors (Lipinski definition) is 2. The molecule has 0 atom stereocenters. The molecule has 3 aromatic rings. The van der Waals surface area contributed by atoms with Crippen molar-refractivity contribution in [2.24, 2.45) is 0 Å². The summed E-state index contributed by atoms with van der Waals surface area (Å²) in [7, 11) is 0. The van der Waals surface area contributed by atoms with Crippen LogP contribution < -0.4 is 0 Å². The molecule has 1 heterocycles. The summed E-state index contributed by atoms with van der Waals surface area (Å²) in [6.07, 6.45) is 1.80. The lowest BCUT2D eigenvalue weighted by Crippen LogP contribution is -1.93. The van der Waals surface area contributed by atoms with Crippen molar-refractivity contribution in [3.8, 4) is 6.07 Å². The highest BCUT2D eigenvalue weighted by Gasteiger charge is 2.07. The molecular weight excluding hydrogens is 246 g/mol. The van der Waals surface area contributed by atoms with Gasteiger partial charge in [-0.3, -0.25) is 0 Å². The summed E-state index contributed by atoms with van der Waals surface area (Å²) in [4.78, 5) is 7.84. The van der Waals surface area contributed by atoms with Gasteiger partial charge >= 0.3 is 0 Å². The lowest BCUT2D eigenvalue weighted by atomic mass is 10.1. The van der Waals surface area contributed by atoms with Crippen LogP contribution in [0.3, 0.4) is 0 Å². The van der Waals surface area contributed by atoms with E-state index in [9.17, 15) is 0 Å². The quantitative estimate of drug-likeness (QED) is 0.784. The summed E-state index contributed by atoms with van der Waals surface area (Å²) in [5, 5.41) is 9.08. The number of fused-ring (bicyclic) bond motifs is 1. The molecule has 1 N–H and O–H groups in total. The number of rotatable bonds is 3. The largest absolute Gasteiger partial charge is 0.342 e. The van der Waals surface area contributed by atoms with E-state index in [-0.39, 0.29) is 0 Å². The van der Waals surface area contributed by atoms with Gasteiger partial charge in [0.2, 0.25) is 0 Å². The van der Waals surface area contributed by atoms with Gasteiger partial charge in [0.05, 0.1) is 11.1 Å². The van der Waals surface area contributed by atoms with Crippen LogP contribution in [0.15, 0.2) is 42.5 Å². The topological polar surface area (TPSA) is 52.5 Å². The minimum Gasteiger partial charge on any atom is -0.342 e. The van der Waals surface area contributed by atoms with Gasteiger partial charge in [-0.2, -0.15) is 5.26 Å². The smallest absolute Gasteiger partial charge is 0.107 e. The summed E-state index contributed by atoms with van der Waals surface area (Å²) in [5.41, 5.74) is 4.92. The molecule has 1 aromatic heterocycles. The summed E-state index contributed by atoms with van der Waals surface area (Å²) in [6, 6.07) is 16.3. The Morgan fingerprint density at radius 1 is 1.15 bits per heavy atom. The van der Waals surface area contributed by atoms with Gasteiger partial charge in [0, 0.05) is 6.42 Å². The highest BCUT2D eigenvalue weighted by atomic mass is 14.9. The van der Waals surface area contributed by atoms with E-state index >= 15 is 0 Å². The highest BCUT2D eigenvalue weighted by molar-refractivity contribution is 5.81. The zero-order valence-electron chi connectivity index (χ0n) is 11.4. The molecule has 0 amide bonds. The second-order valence-corrected chi connectivity index (χ2v) is 4.99. The molecule has 98 valence electrons. The number of benzene rings is 2. The molecule has 0 aliphatic carbocycles. The monoisotopic (exact) mass is 261 g/mol. The number of H-pyrrole nitrogens is 1. The van der Waals surface area contributed by atoms with Crippen molar-refractivity contribution >= 4 is 11.0 Å². The van der Waals surface area contributed by atoms with Crippen LogP contribution in [0.5, 0.6) is 0 Å². The van der Waals surface area contributed by atoms with E-state index in [2.05, 4.69) is 47.2 Å². The molecule has 3 rings (SSSR count). The predicted molar refractivity (Wildman–Crippen MR) is 79.4 cm³/mol. The Balaban J connectivity index is 1.83. The van der Waals surface area contributed by atoms with Crippen molar-refractivity contribution in [3.63, 3.8) is 0 Å². The Morgan fingerprint density at radius 2 is 2.00 bits per heavy atom. The number of aryl methyl sites for hydroxylation is 3. The van der Waals surface area contributed by atoms with Crippen molar-refractivity contribution in [3.05, 3.63) is 65.0 Å². The van der Waals surface area contributed by atoms with Gasteiger partial charge in [0.25, 0.3) is 0 Å². The van der Waals surface area contributed by atoms with E-state index in [1.165, 1.54) is 11.1 Å². The van der Waals surface area contributed by atoms with Gasteiger partial charge in [-0.05, 0) is 31.0 Å². The molecule has 0 fully saturated rings. The van der Waals surface area contributed by atoms with E-state index in [0.29, 0.717) is 5.56 Å². The number of imidazole rings is 1. The van der Waals surface area contributed by atoms with Crippen LogP contribution in [0.1, 0.15) is 22.5 Å². The van der Waals surface area contributed by atoms with Crippen molar-refractivity contribution in [1.82, 2.24) is 9.97 Å². The van der Waals surface area contributed by atoms with Crippen LogP contribution in [0.25, 0.3) is 11.0 Å². The summed E-state index contributed by atoms with van der Waals surface area (Å²) >= 11 is 0. The highest BCUT2D eigenvalue weighted by Crippen LogP contribution is 2.17. The first kappa shape index (κ1) is 12.4. The molecule has 3 heteroatoms. The Labute approximate surface area is 117 Å². The SMILES string of the molecule is Cc1cccc(CCc2nc3c(C#N)cccc3[nH]2)c1. The first-order valence-electron chi connectivity index (χ1n) is 6.69. The van der Waals surface area contributed by atoms with E-state index < -0.39 is 0 Å². The first-order valence-corrected chi connectivity index (χ1v) is 6.69. The number of aromatic amines is 1. The van der Waals surface area contributed by atoms with E-state index in [4.69, 9.17) is 5.26 Å². The molecule has 0 aliphatic heterocycles. The second-order valence-electron chi connectivity index (χ2n) is 4.99. The van der Waals surface area contributed by atoms with E-state index in [1.54, 1.807) is 6.07 Å². The van der Waals surface area contributed by atoms with Gasteiger partial charge in [0.15, 0.2) is 0 Å². The van der Waals surface area contributed by atoms with Crippen LogP contribution >= 0.6 is 0 Å². The standard InChI is InChI=1S/C17H15N3/c1-12-4-2-5-13(10-12)8-9-16-19-15-7-3-6-14(11-18)17(15)20-16/h2-7,10H,8-9H2,1H3,(H,19,20). The van der Waals surface area contributed by atoms with Gasteiger partial charge in [-0.25, -0.2) is 4.98 Å². The Kier molecular flexibility index (Phi) is 3.22. The Morgan fingerprint density at radius 3 is 2.80 bits per heavy atom. The van der Waals surface area contributed by atoms with Gasteiger partial charge in [0.1, 0.15) is 17.4 Å². The fourth-order valence-electron chi connectivity index (χ4n) is 2.42. The summed E-state index contributed by atoms with van der Waals surface area (Å²) in [6.45, 7) is 2.10. The Bertz CT molecular complexity index is 793. The molecule has 20 heavy (non-hydrogen) atoms. The number of aromatic nitrogens is 2. The van der Waals surface area contributed by atoms with Crippen molar-refractivity contribution < 1.29 is 0 Å². The molecule has 0 spiro atoms. The van der Waals surface area contributed by atoms with Crippen LogP contribution in [-0.2, 0) is 12.8 Å². The molecule has 0 aliphatic rings. The molecule has 0 bridgehead atoms. The first-order chi connectivity index (χ1) is 9.76. The predicted octanol–water partition coefficient (Wildman–Crippen LogP) is 3.53. The zero-order chi connectivity index (χ0) is 13.9. The summed E-state index contributed by atoms with van der Waals surface area (Å²) < 4.78 is 0. The van der Waals surface area contributed by atoms with Gasteiger partial charge in [-0.1, -0.05) is 35.9 Å². The summed E-state index contributed by atoms with van der Waals surface area (Å²) in [5.74, 6) is 0.934. The molecule has 0 radical (unpaired) electrons. The second kappa shape index (κ2) is 5.18. The van der Waals surface area contributed by atoms with E-state index in [0.717, 1.165) is 29.7 Å². The minimum atomic E-state index is 0.626. The minimum absolute atomic E-state index is 0.626. The normalized spacial score (nSPS) is 10.6. The van der Waals surface area contributed by atoms with Crippen molar-refractivity contribution in [2.45, 2.75) is 19.8 Å². The molecule has 2 aromatic carbocycles. The van der Waals surface area contributed by atoms with Crippen LogP contribution in [-0.4, -0.2) is 9.97 Å². The number of hydrogen-bond donors (Lipinski definition) is 1. The maximum atomic E-state index is 9.08. The molecule has 0 unspecified atom stereocenters. The third kappa shape index (κ3) is 2.41. The Hall–Kier alpha value is -2.60. The van der Waals surface area contributed by atoms with Crippen molar-refractivity contribution in [1.29, 1.82) is 5.26 Å².